The normalized spacial score (nSPS) is 19.8. The minimum absolute atomic E-state index is 0.00755. The first-order chi connectivity index (χ1) is 16.7. The van der Waals surface area contributed by atoms with Gasteiger partial charge in [0.05, 0.1) is 0 Å². The maximum absolute atomic E-state index is 14.7. The number of amides is 1. The van der Waals surface area contributed by atoms with Crippen molar-refractivity contribution in [3.63, 3.8) is 0 Å². The van der Waals surface area contributed by atoms with Crippen LogP contribution < -0.4 is 4.90 Å². The van der Waals surface area contributed by atoms with Crippen LogP contribution in [-0.2, 0) is 15.3 Å². The van der Waals surface area contributed by atoms with E-state index in [9.17, 15) is 14.0 Å². The molecule has 9 heteroatoms. The first kappa shape index (κ1) is 24.2. The van der Waals surface area contributed by atoms with E-state index >= 15 is 0 Å². The number of thioether (sulfide) groups is 1. The molecule has 3 aromatic rings. The molecule has 1 amide bonds. The molecule has 0 unspecified atom stereocenters. The number of ketones is 1. The Bertz CT molecular complexity index is 1350. The van der Waals surface area contributed by atoms with E-state index in [-0.39, 0.29) is 23.5 Å². The van der Waals surface area contributed by atoms with E-state index in [2.05, 4.69) is 10.2 Å². The van der Waals surface area contributed by atoms with E-state index in [1.807, 2.05) is 38.1 Å². The van der Waals surface area contributed by atoms with Gasteiger partial charge < -0.3 is 0 Å². The number of benzene rings is 2. The third kappa shape index (κ3) is 4.79. The molecule has 1 atom stereocenters. The fourth-order valence-electron chi connectivity index (χ4n) is 4.77. The van der Waals surface area contributed by atoms with Crippen LogP contribution in [0.2, 0.25) is 5.02 Å². The molecule has 35 heavy (non-hydrogen) atoms. The van der Waals surface area contributed by atoms with Crippen molar-refractivity contribution in [3.05, 3.63) is 81.8 Å². The summed E-state index contributed by atoms with van der Waals surface area (Å²) in [4.78, 5) is 28.4. The zero-order chi connectivity index (χ0) is 24.7. The number of hydrogen-bond acceptors (Lipinski definition) is 6. The predicted molar refractivity (Wildman–Crippen MR) is 137 cm³/mol. The van der Waals surface area contributed by atoms with Crippen LogP contribution in [0.3, 0.4) is 0 Å². The smallest absolute Gasteiger partial charge is 0.234 e. The van der Waals surface area contributed by atoms with E-state index in [1.54, 1.807) is 23.1 Å². The summed E-state index contributed by atoms with van der Waals surface area (Å²) in [6.07, 6.45) is 0.883. The largest absolute Gasteiger partial charge is 0.294 e. The van der Waals surface area contributed by atoms with Gasteiger partial charge in [-0.3, -0.25) is 14.5 Å². The summed E-state index contributed by atoms with van der Waals surface area (Å²) in [6, 6.07) is 14.0. The monoisotopic (exact) mass is 527 g/mol. The number of Topliss-reactive ketones (excluding diaryl/α,β-unsaturated/α-hetero) is 1. The molecular formula is C26H23ClFN3O2S2. The molecule has 0 N–H and O–H groups in total. The van der Waals surface area contributed by atoms with Crippen molar-refractivity contribution in [1.82, 2.24) is 10.2 Å². The van der Waals surface area contributed by atoms with Gasteiger partial charge in [0.15, 0.2) is 10.1 Å². The standard InChI is InChI=1S/C26H23ClFN3O2S2/c1-26(2)12-20-23(21(32)13-26)17(16-8-4-6-10-19(16)28)11-22(33)31(20)24-29-30-25(35-24)34-14-15-7-3-5-9-18(15)27/h3-10,17H,11-14H2,1-2H3/t17-/m1/s1. The fraction of sp³-hybridized carbons (Fsp3) is 0.308. The number of carbonyl (C=O) groups excluding carboxylic acids is 2. The summed E-state index contributed by atoms with van der Waals surface area (Å²) in [5.41, 5.74) is 2.19. The average molecular weight is 528 g/mol. The molecule has 2 heterocycles. The number of carbonyl (C=O) groups is 2. The van der Waals surface area contributed by atoms with Crippen LogP contribution in [0.4, 0.5) is 9.52 Å². The van der Waals surface area contributed by atoms with Crippen molar-refractivity contribution in [3.8, 4) is 0 Å². The van der Waals surface area contributed by atoms with Gasteiger partial charge in [-0.2, -0.15) is 0 Å². The molecule has 5 nitrogen and oxygen atoms in total. The van der Waals surface area contributed by atoms with E-state index in [4.69, 9.17) is 11.6 Å². The van der Waals surface area contributed by atoms with E-state index < -0.39 is 11.7 Å². The van der Waals surface area contributed by atoms with Gasteiger partial charge in [-0.05, 0) is 35.1 Å². The van der Waals surface area contributed by atoms with Crippen molar-refractivity contribution in [2.75, 3.05) is 4.90 Å². The molecule has 0 spiro atoms. The third-order valence-electron chi connectivity index (χ3n) is 6.32. The number of hydrogen-bond donors (Lipinski definition) is 0. The van der Waals surface area contributed by atoms with Crippen molar-refractivity contribution < 1.29 is 14.0 Å². The quantitative estimate of drug-likeness (QED) is 0.270. The number of anilines is 1. The first-order valence-electron chi connectivity index (χ1n) is 11.3. The lowest BCUT2D eigenvalue weighted by Gasteiger charge is -2.41. The highest BCUT2D eigenvalue weighted by molar-refractivity contribution is 8.00. The van der Waals surface area contributed by atoms with Crippen molar-refractivity contribution in [1.29, 1.82) is 0 Å². The Kier molecular flexibility index (Phi) is 6.55. The molecule has 0 saturated carbocycles. The second-order valence-electron chi connectivity index (χ2n) is 9.54. The van der Waals surface area contributed by atoms with Crippen LogP contribution in [0, 0.1) is 11.2 Å². The van der Waals surface area contributed by atoms with Gasteiger partial charge in [0.1, 0.15) is 5.82 Å². The van der Waals surface area contributed by atoms with Crippen LogP contribution in [0.1, 0.15) is 50.2 Å². The van der Waals surface area contributed by atoms with E-state index in [0.717, 1.165) is 5.56 Å². The maximum atomic E-state index is 14.7. The SMILES string of the molecule is CC1(C)CC(=O)C2=C(C1)N(c1nnc(SCc3ccccc3Cl)s1)C(=O)C[C@@H]2c1ccccc1F. The Morgan fingerprint density at radius 2 is 1.86 bits per heavy atom. The Morgan fingerprint density at radius 3 is 2.63 bits per heavy atom. The number of nitrogens with zero attached hydrogens (tertiary/aromatic N) is 3. The second kappa shape index (κ2) is 9.48. The Morgan fingerprint density at radius 1 is 1.11 bits per heavy atom. The molecule has 0 bridgehead atoms. The van der Waals surface area contributed by atoms with Gasteiger partial charge in [0, 0.05) is 40.8 Å². The minimum atomic E-state index is -0.597. The molecule has 2 aliphatic rings. The highest BCUT2D eigenvalue weighted by Gasteiger charge is 2.45. The van der Waals surface area contributed by atoms with Crippen molar-refractivity contribution >= 4 is 51.5 Å². The number of halogens is 2. The van der Waals surface area contributed by atoms with Crippen LogP contribution >= 0.6 is 34.7 Å². The topological polar surface area (TPSA) is 63.2 Å². The number of allylic oxidation sites excluding steroid dienone is 2. The lowest BCUT2D eigenvalue weighted by molar-refractivity contribution is -0.121. The summed E-state index contributed by atoms with van der Waals surface area (Å²) in [5.74, 6) is -0.629. The van der Waals surface area contributed by atoms with E-state index in [1.165, 1.54) is 29.2 Å². The summed E-state index contributed by atoms with van der Waals surface area (Å²) >= 11 is 9.07. The fourth-order valence-corrected chi connectivity index (χ4v) is 6.94. The van der Waals surface area contributed by atoms with Crippen LogP contribution in [0.5, 0.6) is 0 Å². The predicted octanol–water partition coefficient (Wildman–Crippen LogP) is 6.79. The molecule has 180 valence electrons. The summed E-state index contributed by atoms with van der Waals surface area (Å²) in [6.45, 7) is 4.02. The molecular weight excluding hydrogens is 505 g/mol. The summed E-state index contributed by atoms with van der Waals surface area (Å²) < 4.78 is 15.4. The van der Waals surface area contributed by atoms with Gasteiger partial charge in [-0.1, -0.05) is 84.9 Å². The summed E-state index contributed by atoms with van der Waals surface area (Å²) in [7, 11) is 0. The van der Waals surface area contributed by atoms with Gasteiger partial charge in [0.2, 0.25) is 11.0 Å². The van der Waals surface area contributed by atoms with E-state index in [0.29, 0.717) is 49.9 Å². The number of aromatic nitrogens is 2. The molecule has 5 rings (SSSR count). The molecule has 0 saturated heterocycles. The molecule has 0 fully saturated rings. The van der Waals surface area contributed by atoms with Crippen molar-refractivity contribution in [2.45, 2.75) is 49.1 Å². The highest BCUT2D eigenvalue weighted by atomic mass is 35.5. The minimum Gasteiger partial charge on any atom is -0.294 e. The lowest BCUT2D eigenvalue weighted by atomic mass is 9.69. The van der Waals surface area contributed by atoms with Gasteiger partial charge in [-0.25, -0.2) is 4.39 Å². The number of rotatable bonds is 5. The zero-order valence-electron chi connectivity index (χ0n) is 19.3. The maximum Gasteiger partial charge on any atom is 0.234 e. The summed E-state index contributed by atoms with van der Waals surface area (Å²) in [5, 5.41) is 9.71. The zero-order valence-corrected chi connectivity index (χ0v) is 21.6. The van der Waals surface area contributed by atoms with Crippen LogP contribution in [0.25, 0.3) is 0 Å². The highest BCUT2D eigenvalue weighted by Crippen LogP contribution is 2.49. The Labute approximate surface area is 216 Å². The first-order valence-corrected chi connectivity index (χ1v) is 13.4. The molecule has 0 radical (unpaired) electrons. The van der Waals surface area contributed by atoms with Crippen LogP contribution in [-0.4, -0.2) is 21.9 Å². The third-order valence-corrected chi connectivity index (χ3v) is 8.78. The second-order valence-corrected chi connectivity index (χ2v) is 12.1. The molecule has 1 aliphatic heterocycles. The van der Waals surface area contributed by atoms with Gasteiger partial charge >= 0.3 is 0 Å². The molecule has 1 aliphatic carbocycles. The Hall–Kier alpha value is -2.55. The molecule has 2 aromatic carbocycles. The average Bonchev–Trinajstić information content (AvgIpc) is 3.25. The van der Waals surface area contributed by atoms with Gasteiger partial charge in [-0.15, -0.1) is 10.2 Å². The van der Waals surface area contributed by atoms with Crippen molar-refractivity contribution in [2.24, 2.45) is 5.41 Å². The van der Waals surface area contributed by atoms with Crippen LogP contribution in [0.15, 0.2) is 64.1 Å². The van der Waals surface area contributed by atoms with Gasteiger partial charge in [0.25, 0.3) is 0 Å². The molecule has 1 aromatic heterocycles. The lowest BCUT2D eigenvalue weighted by Crippen LogP contribution is -2.43. The Balaban J connectivity index is 1.51.